The molecule has 5 nitrogen and oxygen atoms in total. The largest absolute Gasteiger partial charge is 0.343 e. The Morgan fingerprint density at radius 1 is 1.04 bits per heavy atom. The number of thiazole rings is 1. The lowest BCUT2D eigenvalue weighted by Crippen LogP contribution is -2.32. The molecular weight excluding hydrogens is 358 g/mol. The Kier molecular flexibility index (Phi) is 5.66. The number of hydrogen-bond acceptors (Lipinski definition) is 4. The molecule has 2 N–H and O–H groups in total. The lowest BCUT2D eigenvalue weighted by molar-refractivity contribution is -0.115. The quantitative estimate of drug-likeness (QED) is 0.701. The molecule has 3 aromatic rings. The average molecular weight is 379 g/mol. The van der Waals surface area contributed by atoms with Crippen LogP contribution >= 0.6 is 11.3 Å². The first kappa shape index (κ1) is 18.8. The van der Waals surface area contributed by atoms with Crippen molar-refractivity contribution in [2.45, 2.75) is 20.8 Å². The van der Waals surface area contributed by atoms with Gasteiger partial charge in [-0.1, -0.05) is 41.5 Å². The number of hydrogen-bond donors (Lipinski definition) is 2. The van der Waals surface area contributed by atoms with Crippen LogP contribution in [0.5, 0.6) is 0 Å². The predicted octanol–water partition coefficient (Wildman–Crippen LogP) is 4.10. The second-order valence-corrected chi connectivity index (χ2v) is 7.31. The lowest BCUT2D eigenvalue weighted by atomic mass is 10.0. The van der Waals surface area contributed by atoms with Crippen molar-refractivity contribution in [3.63, 3.8) is 0 Å². The Morgan fingerprint density at radius 3 is 2.56 bits per heavy atom. The molecule has 0 bridgehead atoms. The molecule has 0 spiro atoms. The molecule has 0 saturated carbocycles. The molecule has 0 unspecified atom stereocenters. The minimum atomic E-state index is -0.308. The van der Waals surface area contributed by atoms with Gasteiger partial charge in [0, 0.05) is 16.5 Å². The number of nitrogens with zero attached hydrogens (tertiary/aromatic N) is 1. The van der Waals surface area contributed by atoms with Gasteiger partial charge in [0.15, 0.2) is 5.13 Å². The van der Waals surface area contributed by atoms with Crippen molar-refractivity contribution in [3.8, 4) is 11.3 Å². The Bertz CT molecular complexity index is 995. The summed E-state index contributed by atoms with van der Waals surface area (Å²) in [6, 6.07) is 13.4. The van der Waals surface area contributed by atoms with Crippen molar-refractivity contribution in [2.24, 2.45) is 0 Å². The first-order valence-electron chi connectivity index (χ1n) is 8.60. The zero-order chi connectivity index (χ0) is 19.4. The molecule has 1 aromatic heterocycles. The van der Waals surface area contributed by atoms with Crippen molar-refractivity contribution < 1.29 is 9.59 Å². The van der Waals surface area contributed by atoms with Crippen LogP contribution < -0.4 is 10.6 Å². The number of aryl methyl sites for hydroxylation is 3. The van der Waals surface area contributed by atoms with E-state index in [0.29, 0.717) is 10.7 Å². The molecule has 0 aliphatic heterocycles. The van der Waals surface area contributed by atoms with Crippen molar-refractivity contribution in [3.05, 3.63) is 70.1 Å². The molecule has 0 aliphatic carbocycles. The topological polar surface area (TPSA) is 71.1 Å². The smallest absolute Gasteiger partial charge is 0.251 e. The van der Waals surface area contributed by atoms with Crippen molar-refractivity contribution >= 4 is 28.3 Å². The molecule has 0 atom stereocenters. The van der Waals surface area contributed by atoms with Gasteiger partial charge in [0.05, 0.1) is 12.2 Å². The van der Waals surface area contributed by atoms with Gasteiger partial charge in [-0.2, -0.15) is 0 Å². The van der Waals surface area contributed by atoms with E-state index in [9.17, 15) is 9.59 Å². The predicted molar refractivity (Wildman–Crippen MR) is 109 cm³/mol. The summed E-state index contributed by atoms with van der Waals surface area (Å²) < 4.78 is 0. The average Bonchev–Trinajstić information content (AvgIpc) is 3.07. The fourth-order valence-corrected chi connectivity index (χ4v) is 3.49. The molecule has 0 saturated heterocycles. The molecule has 0 fully saturated rings. The van der Waals surface area contributed by atoms with Crippen molar-refractivity contribution in [1.29, 1.82) is 0 Å². The summed E-state index contributed by atoms with van der Waals surface area (Å²) in [5.41, 5.74) is 5.75. The Balaban J connectivity index is 1.58. The van der Waals surface area contributed by atoms with Gasteiger partial charge in [0.1, 0.15) is 0 Å². The number of aromatic nitrogens is 1. The van der Waals surface area contributed by atoms with Crippen molar-refractivity contribution in [1.82, 2.24) is 10.3 Å². The third-order valence-electron chi connectivity index (χ3n) is 4.10. The normalized spacial score (nSPS) is 10.5. The van der Waals surface area contributed by atoms with Gasteiger partial charge in [0.2, 0.25) is 5.91 Å². The van der Waals surface area contributed by atoms with Gasteiger partial charge in [-0.05, 0) is 38.5 Å². The molecule has 2 amide bonds. The molecule has 0 radical (unpaired) electrons. The second-order valence-electron chi connectivity index (χ2n) is 6.46. The van der Waals surface area contributed by atoms with E-state index >= 15 is 0 Å². The Labute approximate surface area is 162 Å². The molecular formula is C21H21N3O2S. The highest BCUT2D eigenvalue weighted by Gasteiger charge is 2.11. The van der Waals surface area contributed by atoms with E-state index in [1.807, 2.05) is 43.5 Å². The summed E-state index contributed by atoms with van der Waals surface area (Å²) in [5, 5.41) is 7.79. The van der Waals surface area contributed by atoms with Crippen LogP contribution in [0.3, 0.4) is 0 Å². The molecule has 27 heavy (non-hydrogen) atoms. The number of carbonyl (C=O) groups is 2. The van der Waals surface area contributed by atoms with Gasteiger partial charge in [-0.15, -0.1) is 11.3 Å². The molecule has 138 valence electrons. The minimum absolute atomic E-state index is 0.106. The SMILES string of the molecule is Cc1cccc(C(=O)NCC(=O)Nc2nc(-c3ccc(C)cc3C)cs2)c1. The number of nitrogens with one attached hydrogen (secondary N) is 2. The standard InChI is InChI=1S/C21H21N3O2S/c1-13-5-4-6-16(10-13)20(26)22-11-19(25)24-21-23-18(12-27-21)17-8-7-14(2)9-15(17)3/h4-10,12H,11H2,1-3H3,(H,22,26)(H,23,24,25). The fourth-order valence-electron chi connectivity index (χ4n) is 2.77. The second kappa shape index (κ2) is 8.14. The first-order valence-corrected chi connectivity index (χ1v) is 9.48. The third kappa shape index (κ3) is 4.80. The molecule has 0 aliphatic rings. The van der Waals surface area contributed by atoms with Crippen LogP contribution in [-0.4, -0.2) is 23.3 Å². The molecule has 1 heterocycles. The molecule has 2 aromatic carbocycles. The fraction of sp³-hybridized carbons (Fsp3) is 0.190. The summed E-state index contributed by atoms with van der Waals surface area (Å²) in [5.74, 6) is -0.582. The number of amides is 2. The van der Waals surface area contributed by atoms with Gasteiger partial charge in [0.25, 0.3) is 5.91 Å². The monoisotopic (exact) mass is 379 g/mol. The summed E-state index contributed by atoms with van der Waals surface area (Å²) >= 11 is 1.36. The van der Waals surface area contributed by atoms with Crippen LogP contribution in [0.1, 0.15) is 27.0 Å². The third-order valence-corrected chi connectivity index (χ3v) is 4.86. The van der Waals surface area contributed by atoms with E-state index < -0.39 is 0 Å². The van der Waals surface area contributed by atoms with Crippen LogP contribution in [0.2, 0.25) is 0 Å². The van der Waals surface area contributed by atoms with Crippen LogP contribution in [0.4, 0.5) is 5.13 Å². The molecule has 3 rings (SSSR count). The lowest BCUT2D eigenvalue weighted by Gasteiger charge is -2.06. The summed E-state index contributed by atoms with van der Waals surface area (Å²) in [6.45, 7) is 5.90. The van der Waals surface area contributed by atoms with E-state index in [0.717, 1.165) is 22.4 Å². The van der Waals surface area contributed by atoms with E-state index in [2.05, 4.69) is 28.6 Å². The molecule has 6 heteroatoms. The van der Waals surface area contributed by atoms with Crippen LogP contribution in [-0.2, 0) is 4.79 Å². The summed E-state index contributed by atoms with van der Waals surface area (Å²) in [7, 11) is 0. The van der Waals surface area contributed by atoms with E-state index in [-0.39, 0.29) is 18.4 Å². The summed E-state index contributed by atoms with van der Waals surface area (Å²) in [4.78, 5) is 28.7. The summed E-state index contributed by atoms with van der Waals surface area (Å²) in [6.07, 6.45) is 0. The number of rotatable bonds is 5. The highest BCUT2D eigenvalue weighted by atomic mass is 32.1. The number of anilines is 1. The minimum Gasteiger partial charge on any atom is -0.343 e. The number of benzene rings is 2. The maximum Gasteiger partial charge on any atom is 0.251 e. The highest BCUT2D eigenvalue weighted by molar-refractivity contribution is 7.14. The van der Waals surface area contributed by atoms with Crippen LogP contribution in [0, 0.1) is 20.8 Å². The maximum absolute atomic E-state index is 12.1. The van der Waals surface area contributed by atoms with Gasteiger partial charge >= 0.3 is 0 Å². The van der Waals surface area contributed by atoms with Crippen molar-refractivity contribution in [2.75, 3.05) is 11.9 Å². The zero-order valence-electron chi connectivity index (χ0n) is 15.5. The number of carbonyl (C=O) groups excluding carboxylic acids is 2. The van der Waals surface area contributed by atoms with Crippen LogP contribution in [0.25, 0.3) is 11.3 Å². The highest BCUT2D eigenvalue weighted by Crippen LogP contribution is 2.27. The first-order chi connectivity index (χ1) is 12.9. The van der Waals surface area contributed by atoms with Gasteiger partial charge in [-0.25, -0.2) is 4.98 Å². The zero-order valence-corrected chi connectivity index (χ0v) is 16.3. The maximum atomic E-state index is 12.1. The van der Waals surface area contributed by atoms with E-state index in [1.165, 1.54) is 16.9 Å². The van der Waals surface area contributed by atoms with E-state index in [4.69, 9.17) is 0 Å². The van der Waals surface area contributed by atoms with E-state index in [1.54, 1.807) is 12.1 Å². The Hall–Kier alpha value is -2.99. The Morgan fingerprint density at radius 2 is 1.81 bits per heavy atom. The van der Waals surface area contributed by atoms with Gasteiger partial charge < -0.3 is 10.6 Å². The van der Waals surface area contributed by atoms with Crippen LogP contribution in [0.15, 0.2) is 47.8 Å². The van der Waals surface area contributed by atoms with Gasteiger partial charge in [-0.3, -0.25) is 9.59 Å².